The summed E-state index contributed by atoms with van der Waals surface area (Å²) in [7, 11) is 0. The predicted octanol–water partition coefficient (Wildman–Crippen LogP) is 2.91. The molecule has 1 aromatic heterocycles. The van der Waals surface area contributed by atoms with Gasteiger partial charge in [-0.05, 0) is 23.6 Å². The van der Waals surface area contributed by atoms with Gasteiger partial charge in [-0.3, -0.25) is 9.78 Å². The Morgan fingerprint density at radius 1 is 1.38 bits per heavy atom. The largest absolute Gasteiger partial charge is 0.481 e. The molecule has 16 heavy (non-hydrogen) atoms. The fourth-order valence-electron chi connectivity index (χ4n) is 1.64. The molecule has 1 heterocycles. The normalized spacial score (nSPS) is 10.6. The molecule has 1 N–H and O–H groups in total. The number of nitrogens with zero attached hydrogens (tertiary/aromatic N) is 1. The molecule has 0 aliphatic heterocycles. The van der Waals surface area contributed by atoms with Gasteiger partial charge in [0.05, 0.1) is 6.42 Å². The Balaban J connectivity index is 2.41. The number of aliphatic carboxylic acids is 1. The molecule has 4 heteroatoms. The number of carboxylic acid groups (broad SMARTS) is 1. The quantitative estimate of drug-likeness (QED) is 0.890. The maximum atomic E-state index is 10.5. The first-order valence-corrected chi connectivity index (χ1v) is 5.29. The lowest BCUT2D eigenvalue weighted by Gasteiger charge is -2.04. The first kappa shape index (κ1) is 10.9. The summed E-state index contributed by atoms with van der Waals surface area (Å²) in [6.07, 6.45) is 2.21. The molecule has 2 rings (SSSR count). The smallest absolute Gasteiger partial charge is 0.303 e. The van der Waals surface area contributed by atoms with Gasteiger partial charge >= 0.3 is 5.97 Å². The Labute approximate surface area is 97.7 Å². The van der Waals surface area contributed by atoms with Gasteiger partial charge in [-0.25, -0.2) is 0 Å². The molecule has 0 radical (unpaired) electrons. The summed E-state index contributed by atoms with van der Waals surface area (Å²) in [5.74, 6) is -0.812. The molecule has 0 amide bonds. The van der Waals surface area contributed by atoms with Crippen LogP contribution in [0, 0.1) is 0 Å². The third-order valence-corrected chi connectivity index (χ3v) is 2.62. The minimum absolute atomic E-state index is 0.0920. The van der Waals surface area contributed by atoms with Crippen molar-refractivity contribution in [1.29, 1.82) is 0 Å². The number of halogens is 1. The Morgan fingerprint density at radius 3 is 2.94 bits per heavy atom. The molecular formula is C12H10ClNO2. The first-order chi connectivity index (χ1) is 7.66. The van der Waals surface area contributed by atoms with Crippen LogP contribution in [-0.2, 0) is 11.2 Å². The van der Waals surface area contributed by atoms with E-state index >= 15 is 0 Å². The van der Waals surface area contributed by atoms with Crippen molar-refractivity contribution in [2.75, 3.05) is 0 Å². The van der Waals surface area contributed by atoms with E-state index in [-0.39, 0.29) is 6.42 Å². The maximum Gasteiger partial charge on any atom is 0.303 e. The van der Waals surface area contributed by atoms with E-state index in [1.54, 1.807) is 12.3 Å². The van der Waals surface area contributed by atoms with Crippen LogP contribution in [0.3, 0.4) is 0 Å². The fraction of sp³-hybridized carbons (Fsp3) is 0.167. The van der Waals surface area contributed by atoms with Gasteiger partial charge in [0, 0.05) is 28.7 Å². The van der Waals surface area contributed by atoms with Crippen molar-refractivity contribution in [2.45, 2.75) is 12.8 Å². The Hall–Kier alpha value is -1.61. The predicted molar refractivity (Wildman–Crippen MR) is 62.7 cm³/mol. The van der Waals surface area contributed by atoms with Crippen molar-refractivity contribution in [3.05, 3.63) is 41.2 Å². The summed E-state index contributed by atoms with van der Waals surface area (Å²) in [6.45, 7) is 0. The van der Waals surface area contributed by atoms with Crippen LogP contribution in [0.15, 0.2) is 30.5 Å². The lowest BCUT2D eigenvalue weighted by molar-refractivity contribution is -0.136. The number of fused-ring (bicyclic) bond motifs is 1. The molecule has 0 saturated carbocycles. The fourth-order valence-corrected chi connectivity index (χ4v) is 1.82. The van der Waals surface area contributed by atoms with Crippen LogP contribution >= 0.6 is 11.6 Å². The highest BCUT2D eigenvalue weighted by molar-refractivity contribution is 6.31. The average molecular weight is 236 g/mol. The van der Waals surface area contributed by atoms with Gasteiger partial charge in [-0.2, -0.15) is 0 Å². The van der Waals surface area contributed by atoms with Crippen LogP contribution in [0.1, 0.15) is 12.1 Å². The Morgan fingerprint density at radius 2 is 2.19 bits per heavy atom. The zero-order valence-electron chi connectivity index (χ0n) is 8.48. The molecule has 3 nitrogen and oxygen atoms in total. The second-order valence-corrected chi connectivity index (χ2v) is 3.95. The molecule has 0 spiro atoms. The van der Waals surface area contributed by atoms with Crippen molar-refractivity contribution in [3.8, 4) is 0 Å². The van der Waals surface area contributed by atoms with E-state index in [2.05, 4.69) is 4.98 Å². The standard InChI is InChI=1S/C12H10ClNO2/c13-9-1-2-10-8(7-9)5-6-14-11(10)3-4-12(15)16/h1-2,5-7H,3-4H2,(H,15,16). The average Bonchev–Trinajstić information content (AvgIpc) is 2.25. The van der Waals surface area contributed by atoms with Crippen molar-refractivity contribution >= 4 is 28.3 Å². The summed E-state index contributed by atoms with van der Waals surface area (Å²) < 4.78 is 0. The van der Waals surface area contributed by atoms with Crippen LogP contribution in [0.5, 0.6) is 0 Å². The third kappa shape index (κ3) is 2.31. The van der Waals surface area contributed by atoms with E-state index in [1.807, 2.05) is 18.2 Å². The van der Waals surface area contributed by atoms with Gasteiger partial charge < -0.3 is 5.11 Å². The highest BCUT2D eigenvalue weighted by Crippen LogP contribution is 2.21. The lowest BCUT2D eigenvalue weighted by Crippen LogP contribution is -1.99. The zero-order valence-corrected chi connectivity index (χ0v) is 9.24. The van der Waals surface area contributed by atoms with Crippen molar-refractivity contribution < 1.29 is 9.90 Å². The SMILES string of the molecule is O=C(O)CCc1nccc2cc(Cl)ccc12. The van der Waals surface area contributed by atoms with Crippen molar-refractivity contribution in [1.82, 2.24) is 4.98 Å². The summed E-state index contributed by atoms with van der Waals surface area (Å²) in [5.41, 5.74) is 0.802. The van der Waals surface area contributed by atoms with Crippen molar-refractivity contribution in [2.24, 2.45) is 0 Å². The van der Waals surface area contributed by atoms with E-state index < -0.39 is 5.97 Å². The van der Waals surface area contributed by atoms with Gasteiger partial charge in [0.2, 0.25) is 0 Å². The molecule has 1 aromatic carbocycles. The number of aromatic nitrogens is 1. The Bertz CT molecular complexity index is 540. The minimum atomic E-state index is -0.812. The summed E-state index contributed by atoms with van der Waals surface area (Å²) in [6, 6.07) is 7.38. The number of rotatable bonds is 3. The highest BCUT2D eigenvalue weighted by Gasteiger charge is 2.05. The first-order valence-electron chi connectivity index (χ1n) is 4.92. The number of benzene rings is 1. The van der Waals surface area contributed by atoms with E-state index in [1.165, 1.54) is 0 Å². The lowest BCUT2D eigenvalue weighted by atomic mass is 10.1. The molecule has 0 saturated heterocycles. The van der Waals surface area contributed by atoms with Gasteiger partial charge in [0.1, 0.15) is 0 Å². The number of carbonyl (C=O) groups is 1. The molecule has 0 unspecified atom stereocenters. The zero-order chi connectivity index (χ0) is 11.5. The summed E-state index contributed by atoms with van der Waals surface area (Å²) in [5, 5.41) is 11.3. The third-order valence-electron chi connectivity index (χ3n) is 2.38. The molecular weight excluding hydrogens is 226 g/mol. The molecule has 82 valence electrons. The highest BCUT2D eigenvalue weighted by atomic mass is 35.5. The molecule has 0 atom stereocenters. The van der Waals surface area contributed by atoms with Crippen LogP contribution < -0.4 is 0 Å². The molecule has 0 aliphatic carbocycles. The van der Waals surface area contributed by atoms with Gasteiger partial charge in [-0.15, -0.1) is 0 Å². The van der Waals surface area contributed by atoms with E-state index in [0.29, 0.717) is 11.4 Å². The van der Waals surface area contributed by atoms with Crippen molar-refractivity contribution in [3.63, 3.8) is 0 Å². The maximum absolute atomic E-state index is 10.5. The molecule has 0 fully saturated rings. The number of hydrogen-bond acceptors (Lipinski definition) is 2. The number of hydrogen-bond donors (Lipinski definition) is 1. The van der Waals surface area contributed by atoms with Gasteiger partial charge in [-0.1, -0.05) is 17.7 Å². The minimum Gasteiger partial charge on any atom is -0.481 e. The molecule has 0 aliphatic rings. The number of pyridine rings is 1. The monoisotopic (exact) mass is 235 g/mol. The van der Waals surface area contributed by atoms with E-state index in [0.717, 1.165) is 16.5 Å². The second kappa shape index (κ2) is 4.49. The summed E-state index contributed by atoms with van der Waals surface area (Å²) in [4.78, 5) is 14.7. The van der Waals surface area contributed by atoms with Gasteiger partial charge in [0.25, 0.3) is 0 Å². The van der Waals surface area contributed by atoms with Crippen LogP contribution in [-0.4, -0.2) is 16.1 Å². The van der Waals surface area contributed by atoms with E-state index in [9.17, 15) is 4.79 Å². The van der Waals surface area contributed by atoms with Gasteiger partial charge in [0.15, 0.2) is 0 Å². The topological polar surface area (TPSA) is 50.2 Å². The van der Waals surface area contributed by atoms with E-state index in [4.69, 9.17) is 16.7 Å². The number of aryl methyl sites for hydroxylation is 1. The summed E-state index contributed by atoms with van der Waals surface area (Å²) >= 11 is 5.88. The molecule has 2 aromatic rings. The number of carboxylic acids is 1. The van der Waals surface area contributed by atoms with Crippen LogP contribution in [0.4, 0.5) is 0 Å². The van der Waals surface area contributed by atoms with Crippen LogP contribution in [0.25, 0.3) is 10.8 Å². The Kier molecular flexibility index (Phi) is 3.06. The molecule has 0 bridgehead atoms. The second-order valence-electron chi connectivity index (χ2n) is 3.52. The van der Waals surface area contributed by atoms with Crippen LogP contribution in [0.2, 0.25) is 5.02 Å².